The van der Waals surface area contributed by atoms with Gasteiger partial charge in [-0.3, -0.25) is 0 Å². The molecule has 0 saturated carbocycles. The lowest BCUT2D eigenvalue weighted by Crippen LogP contribution is -1.94. The molecule has 1 heteroatoms. The van der Waals surface area contributed by atoms with Gasteiger partial charge in [0, 0.05) is 0 Å². The Kier molecular flexibility index (Phi) is 1.72. The second-order valence-electron chi connectivity index (χ2n) is 2.53. The van der Waals surface area contributed by atoms with Crippen molar-refractivity contribution in [1.29, 1.82) is 0 Å². The summed E-state index contributed by atoms with van der Waals surface area (Å²) >= 11 is 0. The van der Waals surface area contributed by atoms with Gasteiger partial charge in [-0.25, -0.2) is 0 Å². The minimum atomic E-state index is 0.301. The summed E-state index contributed by atoms with van der Waals surface area (Å²) in [7, 11) is 0.301. The van der Waals surface area contributed by atoms with Gasteiger partial charge in [-0.2, -0.15) is 0 Å². The summed E-state index contributed by atoms with van der Waals surface area (Å²) in [6.45, 7) is 7.00. The van der Waals surface area contributed by atoms with Crippen LogP contribution in [0.2, 0.25) is 0 Å². The van der Waals surface area contributed by atoms with Crippen molar-refractivity contribution in [2.75, 3.05) is 6.66 Å². The lowest BCUT2D eigenvalue weighted by molar-refractivity contribution is 1.22. The highest BCUT2D eigenvalue weighted by molar-refractivity contribution is 7.59. The molecule has 0 saturated heterocycles. The zero-order valence-corrected chi connectivity index (χ0v) is 6.65. The molecule has 0 aromatic heterocycles. The Hall–Kier alpha value is 0.170. The van der Waals surface area contributed by atoms with E-state index in [0.717, 1.165) is 11.3 Å². The maximum atomic E-state index is 2.38. The molecule has 0 aromatic carbocycles. The molecule has 0 nitrogen and oxygen atoms in total. The monoisotopic (exact) mass is 128 g/mol. The van der Waals surface area contributed by atoms with Crippen LogP contribution in [0.3, 0.4) is 0 Å². The lowest BCUT2D eigenvalue weighted by atomic mass is 10.4. The Labute approximate surface area is 52.7 Å². The van der Waals surface area contributed by atoms with Crippen LogP contribution in [0.1, 0.15) is 13.8 Å². The molecule has 0 N–H and O–H groups in total. The first-order chi connectivity index (χ1) is 3.72. The first-order valence-electron chi connectivity index (χ1n) is 3.12. The molecule has 8 heavy (non-hydrogen) atoms. The van der Waals surface area contributed by atoms with Crippen LogP contribution in [-0.2, 0) is 0 Å². The fourth-order valence-electron chi connectivity index (χ4n) is 0.964. The Morgan fingerprint density at radius 1 is 1.12 bits per heavy atom. The smallest absolute Gasteiger partial charge is 0.00550 e. The molecule has 0 spiro atoms. The SMILES string of the molecule is CC1C=CC(C)P1C. The third-order valence-corrected chi connectivity index (χ3v) is 4.87. The van der Waals surface area contributed by atoms with Crippen molar-refractivity contribution >= 4 is 7.92 Å². The van der Waals surface area contributed by atoms with Gasteiger partial charge in [-0.05, 0) is 18.0 Å². The topological polar surface area (TPSA) is 0 Å². The van der Waals surface area contributed by atoms with E-state index in [1.165, 1.54) is 0 Å². The van der Waals surface area contributed by atoms with Crippen molar-refractivity contribution in [3.63, 3.8) is 0 Å². The molecule has 0 bridgehead atoms. The van der Waals surface area contributed by atoms with Crippen molar-refractivity contribution in [3.05, 3.63) is 12.2 Å². The third-order valence-electron chi connectivity index (χ3n) is 1.95. The van der Waals surface area contributed by atoms with Crippen LogP contribution >= 0.6 is 7.92 Å². The second-order valence-corrected chi connectivity index (χ2v) is 5.49. The number of allylic oxidation sites excluding steroid dienone is 2. The Balaban J connectivity index is 2.55. The Morgan fingerprint density at radius 2 is 1.50 bits per heavy atom. The maximum absolute atomic E-state index is 2.38. The molecule has 0 aromatic rings. The molecule has 0 radical (unpaired) electrons. The van der Waals surface area contributed by atoms with Gasteiger partial charge in [0.05, 0.1) is 0 Å². The molecule has 1 aliphatic heterocycles. The normalized spacial score (nSPS) is 45.6. The summed E-state index contributed by atoms with van der Waals surface area (Å²) in [4.78, 5) is 0. The third kappa shape index (κ3) is 0.951. The van der Waals surface area contributed by atoms with Gasteiger partial charge < -0.3 is 0 Å². The predicted molar refractivity (Wildman–Crippen MR) is 40.9 cm³/mol. The van der Waals surface area contributed by atoms with E-state index < -0.39 is 0 Å². The summed E-state index contributed by atoms with van der Waals surface area (Å²) in [6.07, 6.45) is 4.69. The van der Waals surface area contributed by atoms with E-state index >= 15 is 0 Å². The fourth-order valence-corrected chi connectivity index (χ4v) is 2.45. The molecule has 1 heterocycles. The van der Waals surface area contributed by atoms with Crippen molar-refractivity contribution in [3.8, 4) is 0 Å². The fraction of sp³-hybridized carbons (Fsp3) is 0.714. The van der Waals surface area contributed by atoms with Crippen LogP contribution in [0, 0.1) is 0 Å². The average Bonchev–Trinajstić information content (AvgIpc) is 1.98. The quantitative estimate of drug-likeness (QED) is 0.347. The molecule has 2 unspecified atom stereocenters. The Morgan fingerprint density at radius 3 is 1.62 bits per heavy atom. The Bertz CT molecular complexity index is 95.0. The summed E-state index contributed by atoms with van der Waals surface area (Å²) < 4.78 is 0. The van der Waals surface area contributed by atoms with E-state index in [9.17, 15) is 0 Å². The van der Waals surface area contributed by atoms with Crippen molar-refractivity contribution < 1.29 is 0 Å². The van der Waals surface area contributed by atoms with Crippen molar-refractivity contribution in [1.82, 2.24) is 0 Å². The summed E-state index contributed by atoms with van der Waals surface area (Å²) in [5.41, 5.74) is 1.75. The highest BCUT2D eigenvalue weighted by atomic mass is 31.1. The summed E-state index contributed by atoms with van der Waals surface area (Å²) in [5.74, 6) is 0. The van der Waals surface area contributed by atoms with E-state index in [0.29, 0.717) is 7.92 Å². The summed E-state index contributed by atoms with van der Waals surface area (Å²) in [5, 5.41) is 0. The standard InChI is InChI=1S/C7H13P/c1-6-4-5-7(2)8(6)3/h4-7H,1-3H3. The molecule has 0 aliphatic carbocycles. The van der Waals surface area contributed by atoms with Crippen LogP contribution in [0.5, 0.6) is 0 Å². The highest BCUT2D eigenvalue weighted by Gasteiger charge is 2.18. The predicted octanol–water partition coefficient (Wildman–Crippen LogP) is 2.44. The van der Waals surface area contributed by atoms with Crippen LogP contribution in [0.15, 0.2) is 12.2 Å². The molecule has 1 rings (SSSR count). The largest absolute Gasteiger partial charge is 0.0963 e. The lowest BCUT2D eigenvalue weighted by Gasteiger charge is -2.13. The van der Waals surface area contributed by atoms with Gasteiger partial charge in [0.25, 0.3) is 0 Å². The van der Waals surface area contributed by atoms with Gasteiger partial charge in [-0.15, -0.1) is 0 Å². The van der Waals surface area contributed by atoms with E-state index in [2.05, 4.69) is 32.7 Å². The second kappa shape index (κ2) is 2.19. The average molecular weight is 128 g/mol. The number of rotatable bonds is 0. The van der Waals surface area contributed by atoms with Gasteiger partial charge in [0.1, 0.15) is 0 Å². The molecule has 1 aliphatic rings. The molecule has 0 amide bonds. The van der Waals surface area contributed by atoms with Crippen LogP contribution in [0.4, 0.5) is 0 Å². The van der Waals surface area contributed by atoms with Crippen molar-refractivity contribution in [2.45, 2.75) is 25.2 Å². The zero-order chi connectivity index (χ0) is 6.15. The van der Waals surface area contributed by atoms with Gasteiger partial charge in [0.2, 0.25) is 0 Å². The minimum Gasteiger partial charge on any atom is -0.0963 e. The van der Waals surface area contributed by atoms with Crippen LogP contribution in [0.25, 0.3) is 0 Å². The van der Waals surface area contributed by atoms with Gasteiger partial charge in [0.15, 0.2) is 0 Å². The van der Waals surface area contributed by atoms with Crippen molar-refractivity contribution in [2.24, 2.45) is 0 Å². The highest BCUT2D eigenvalue weighted by Crippen LogP contribution is 2.47. The van der Waals surface area contributed by atoms with Gasteiger partial charge in [-0.1, -0.05) is 33.9 Å². The van der Waals surface area contributed by atoms with Crippen LogP contribution in [-0.4, -0.2) is 18.0 Å². The van der Waals surface area contributed by atoms with E-state index in [1.807, 2.05) is 0 Å². The number of hydrogen-bond donors (Lipinski definition) is 0. The number of hydrogen-bond acceptors (Lipinski definition) is 0. The molecule has 0 fully saturated rings. The molecular formula is C7H13P. The first kappa shape index (κ1) is 6.29. The van der Waals surface area contributed by atoms with Gasteiger partial charge >= 0.3 is 0 Å². The molecular weight excluding hydrogens is 115 g/mol. The molecule has 46 valence electrons. The van der Waals surface area contributed by atoms with E-state index in [1.54, 1.807) is 0 Å². The minimum absolute atomic E-state index is 0.301. The van der Waals surface area contributed by atoms with E-state index in [4.69, 9.17) is 0 Å². The first-order valence-corrected chi connectivity index (χ1v) is 5.05. The van der Waals surface area contributed by atoms with Crippen LogP contribution < -0.4 is 0 Å². The maximum Gasteiger partial charge on any atom is -0.00550 e. The molecule has 2 atom stereocenters. The zero-order valence-electron chi connectivity index (χ0n) is 5.76. The van der Waals surface area contributed by atoms with E-state index in [-0.39, 0.29) is 0 Å². The summed E-state index contributed by atoms with van der Waals surface area (Å²) in [6, 6.07) is 0.